The van der Waals surface area contributed by atoms with Crippen LogP contribution in [0, 0.1) is 0 Å². The van der Waals surface area contributed by atoms with Crippen LogP contribution in [-0.2, 0) is 5.54 Å². The van der Waals surface area contributed by atoms with Crippen molar-refractivity contribution in [2.45, 2.75) is 12.0 Å². The second-order valence-electron chi connectivity index (χ2n) is 5.63. The molecule has 1 heterocycles. The normalized spacial score (nSPS) is 13.2. The van der Waals surface area contributed by atoms with Crippen molar-refractivity contribution in [2.75, 3.05) is 12.4 Å². The van der Waals surface area contributed by atoms with E-state index in [1.54, 1.807) is 60.0 Å². The quantitative estimate of drug-likeness (QED) is 0.578. The van der Waals surface area contributed by atoms with Gasteiger partial charge in [0.15, 0.2) is 5.54 Å². The highest BCUT2D eigenvalue weighted by atomic mass is 32.1. The zero-order valence-electron chi connectivity index (χ0n) is 14.0. The first-order valence-corrected chi connectivity index (χ1v) is 8.80. The van der Waals surface area contributed by atoms with Crippen LogP contribution in [0.2, 0.25) is 0 Å². The van der Waals surface area contributed by atoms with E-state index < -0.39 is 17.7 Å². The Morgan fingerprint density at radius 3 is 2.27 bits per heavy atom. The third-order valence-electron chi connectivity index (χ3n) is 4.09. The van der Waals surface area contributed by atoms with Crippen molar-refractivity contribution >= 4 is 22.8 Å². The molecule has 0 aliphatic carbocycles. The lowest BCUT2D eigenvalue weighted by Gasteiger charge is -2.33. The number of carbonyl (C=O) groups excluding carboxylic acids is 1. The number of methoxy groups -OCH3 is 1. The van der Waals surface area contributed by atoms with E-state index in [9.17, 15) is 13.6 Å². The van der Waals surface area contributed by atoms with E-state index >= 15 is 0 Å². The summed E-state index contributed by atoms with van der Waals surface area (Å²) in [6.45, 7) is 0. The maximum Gasteiger partial charge on any atom is 0.272 e. The van der Waals surface area contributed by atoms with Crippen LogP contribution in [0.25, 0.3) is 0 Å². The number of carbonyl (C=O) groups is 1. The molecule has 0 spiro atoms. The molecule has 0 saturated carbocycles. The van der Waals surface area contributed by atoms with Crippen molar-refractivity contribution in [3.63, 3.8) is 0 Å². The SMILES string of the molecule is COc1ccc(NC(C(=O)c2cccs2)(c2ccccc2)C(F)F)cc1. The molecular weight excluding hydrogens is 356 g/mol. The number of benzene rings is 2. The van der Waals surface area contributed by atoms with E-state index in [1.807, 2.05) is 0 Å². The molecule has 1 aromatic heterocycles. The van der Waals surface area contributed by atoms with Gasteiger partial charge in [0.05, 0.1) is 12.0 Å². The molecule has 1 N–H and O–H groups in total. The Kier molecular flexibility index (Phi) is 5.32. The van der Waals surface area contributed by atoms with Gasteiger partial charge < -0.3 is 10.1 Å². The molecule has 0 aliphatic heterocycles. The number of halogens is 2. The molecular formula is C20H17F2NO2S. The molecule has 1 unspecified atom stereocenters. The van der Waals surface area contributed by atoms with Crippen LogP contribution in [0.5, 0.6) is 5.75 Å². The smallest absolute Gasteiger partial charge is 0.272 e. The molecule has 3 nitrogen and oxygen atoms in total. The van der Waals surface area contributed by atoms with E-state index in [4.69, 9.17) is 4.74 Å². The molecule has 0 radical (unpaired) electrons. The number of hydrogen-bond acceptors (Lipinski definition) is 4. The predicted octanol–water partition coefficient (Wildman–Crippen LogP) is 5.21. The Bertz CT molecular complexity index is 851. The van der Waals surface area contributed by atoms with Crippen LogP contribution >= 0.6 is 11.3 Å². The first kappa shape index (κ1) is 18.1. The zero-order chi connectivity index (χ0) is 18.6. The average molecular weight is 373 g/mol. The minimum atomic E-state index is -2.96. The van der Waals surface area contributed by atoms with Crippen LogP contribution in [0.1, 0.15) is 15.2 Å². The number of ether oxygens (including phenoxy) is 1. The first-order chi connectivity index (χ1) is 12.6. The Labute approximate surface area is 154 Å². The van der Waals surface area contributed by atoms with E-state index in [2.05, 4.69) is 5.32 Å². The molecule has 0 saturated heterocycles. The van der Waals surface area contributed by atoms with Gasteiger partial charge in [-0.25, -0.2) is 8.78 Å². The van der Waals surface area contributed by atoms with Gasteiger partial charge in [-0.05, 0) is 41.3 Å². The molecule has 0 aliphatic rings. The fourth-order valence-corrected chi connectivity index (χ4v) is 3.47. The van der Waals surface area contributed by atoms with Crippen molar-refractivity contribution < 1.29 is 18.3 Å². The largest absolute Gasteiger partial charge is 0.497 e. The second-order valence-corrected chi connectivity index (χ2v) is 6.58. The van der Waals surface area contributed by atoms with Crippen molar-refractivity contribution in [1.82, 2.24) is 0 Å². The van der Waals surface area contributed by atoms with Crippen LogP contribution in [0.3, 0.4) is 0 Å². The van der Waals surface area contributed by atoms with Crippen molar-refractivity contribution in [2.24, 2.45) is 0 Å². The van der Waals surface area contributed by atoms with Gasteiger partial charge in [-0.1, -0.05) is 36.4 Å². The molecule has 3 aromatic rings. The molecule has 1 atom stereocenters. The number of anilines is 1. The summed E-state index contributed by atoms with van der Waals surface area (Å²) in [5, 5.41) is 4.50. The van der Waals surface area contributed by atoms with Crippen LogP contribution in [0.4, 0.5) is 14.5 Å². The summed E-state index contributed by atoms with van der Waals surface area (Å²) >= 11 is 1.14. The number of hydrogen-bond donors (Lipinski definition) is 1. The number of thiophene rings is 1. The lowest BCUT2D eigenvalue weighted by molar-refractivity contribution is 0.0492. The highest BCUT2D eigenvalue weighted by Crippen LogP contribution is 2.37. The zero-order valence-corrected chi connectivity index (χ0v) is 14.8. The van der Waals surface area contributed by atoms with E-state index in [1.165, 1.54) is 19.2 Å². The molecule has 0 bridgehead atoms. The molecule has 26 heavy (non-hydrogen) atoms. The first-order valence-electron chi connectivity index (χ1n) is 7.92. The number of nitrogens with one attached hydrogen (secondary N) is 1. The highest BCUT2D eigenvalue weighted by molar-refractivity contribution is 7.12. The number of alkyl halides is 2. The summed E-state index contributed by atoms with van der Waals surface area (Å²) in [7, 11) is 1.52. The summed E-state index contributed by atoms with van der Waals surface area (Å²) < 4.78 is 33.9. The third kappa shape index (κ3) is 3.32. The predicted molar refractivity (Wildman–Crippen MR) is 99.4 cm³/mol. The highest BCUT2D eigenvalue weighted by Gasteiger charge is 2.49. The Morgan fingerprint density at radius 2 is 1.73 bits per heavy atom. The van der Waals surface area contributed by atoms with Crippen LogP contribution in [0.15, 0.2) is 72.1 Å². The molecule has 134 valence electrons. The Morgan fingerprint density at radius 1 is 1.04 bits per heavy atom. The van der Waals surface area contributed by atoms with Gasteiger partial charge in [0, 0.05) is 5.69 Å². The van der Waals surface area contributed by atoms with Crippen LogP contribution in [-0.4, -0.2) is 19.3 Å². The van der Waals surface area contributed by atoms with E-state index in [0.29, 0.717) is 11.4 Å². The summed E-state index contributed by atoms with van der Waals surface area (Å²) in [6.07, 6.45) is -2.96. The number of ketones is 1. The fraction of sp³-hybridized carbons (Fsp3) is 0.150. The summed E-state index contributed by atoms with van der Waals surface area (Å²) in [5.74, 6) is -0.0630. The topological polar surface area (TPSA) is 38.3 Å². The fourth-order valence-electron chi connectivity index (χ4n) is 2.74. The summed E-state index contributed by atoms with van der Waals surface area (Å²) in [5.41, 5.74) is -1.56. The number of rotatable bonds is 7. The lowest BCUT2D eigenvalue weighted by Crippen LogP contribution is -2.49. The summed E-state index contributed by atoms with van der Waals surface area (Å²) in [4.78, 5) is 13.4. The van der Waals surface area contributed by atoms with Gasteiger partial charge >= 0.3 is 0 Å². The maximum absolute atomic E-state index is 14.4. The maximum atomic E-state index is 14.4. The molecule has 0 fully saturated rings. The minimum Gasteiger partial charge on any atom is -0.497 e. The number of Topliss-reactive ketones (excluding diaryl/α,β-unsaturated/α-hetero) is 1. The molecule has 3 rings (SSSR count). The van der Waals surface area contributed by atoms with Crippen molar-refractivity contribution in [3.05, 3.63) is 82.6 Å². The third-order valence-corrected chi connectivity index (χ3v) is 4.96. The van der Waals surface area contributed by atoms with Crippen molar-refractivity contribution in [1.29, 1.82) is 0 Å². The lowest BCUT2D eigenvalue weighted by atomic mass is 9.84. The summed E-state index contributed by atoms with van der Waals surface area (Å²) in [6, 6.07) is 17.8. The monoisotopic (exact) mass is 373 g/mol. The standard InChI is InChI=1S/C20H17F2NO2S/c1-25-16-11-9-15(10-12-16)23-20(19(21)22,14-6-3-2-4-7-14)18(24)17-8-5-13-26-17/h2-13,19,23H,1H3. The molecule has 0 amide bonds. The Balaban J connectivity index is 2.11. The van der Waals surface area contributed by atoms with E-state index in [0.717, 1.165) is 11.3 Å². The van der Waals surface area contributed by atoms with Crippen molar-refractivity contribution in [3.8, 4) is 5.75 Å². The Hall–Kier alpha value is -2.73. The van der Waals surface area contributed by atoms with Gasteiger partial charge in [-0.3, -0.25) is 4.79 Å². The molecule has 6 heteroatoms. The minimum absolute atomic E-state index is 0.212. The van der Waals surface area contributed by atoms with Gasteiger partial charge in [0.1, 0.15) is 5.75 Å². The van der Waals surface area contributed by atoms with Gasteiger partial charge in [0.2, 0.25) is 5.78 Å². The van der Waals surface area contributed by atoms with Gasteiger partial charge in [0.25, 0.3) is 6.43 Å². The average Bonchev–Trinajstić information content (AvgIpc) is 3.21. The van der Waals surface area contributed by atoms with E-state index in [-0.39, 0.29) is 10.4 Å². The van der Waals surface area contributed by atoms with Gasteiger partial charge in [-0.2, -0.15) is 0 Å². The van der Waals surface area contributed by atoms with Gasteiger partial charge in [-0.15, -0.1) is 11.3 Å². The molecule has 2 aromatic carbocycles. The second kappa shape index (κ2) is 7.66. The van der Waals surface area contributed by atoms with Crippen LogP contribution < -0.4 is 10.1 Å².